The van der Waals surface area contributed by atoms with Crippen molar-refractivity contribution in [1.82, 2.24) is 24.6 Å². The molecule has 0 bridgehead atoms. The molecular weight excluding hydrogens is 318 g/mol. The number of hydrogen-bond donors (Lipinski definition) is 1. The molecular formula is C17H25N7O. The number of piperazine rings is 1. The fourth-order valence-electron chi connectivity index (χ4n) is 4.04. The summed E-state index contributed by atoms with van der Waals surface area (Å²) >= 11 is 0. The standard InChI is InChI=1S/C17H25N7O/c1-22-16-13(10-21-22)17(20-11-19-16)24-7-5-23(6-8-24)15(25)9-12-3-2-4-14(12)18/h10-12,14H,2-9,18H2,1H3/t12-,14+/m0/s1. The van der Waals surface area contributed by atoms with Gasteiger partial charge in [-0.1, -0.05) is 6.42 Å². The quantitative estimate of drug-likeness (QED) is 0.874. The first kappa shape index (κ1) is 16.3. The van der Waals surface area contributed by atoms with Crippen molar-refractivity contribution >= 4 is 22.8 Å². The van der Waals surface area contributed by atoms with Crippen LogP contribution < -0.4 is 10.6 Å². The van der Waals surface area contributed by atoms with Gasteiger partial charge in [0, 0.05) is 45.7 Å². The number of carbonyl (C=O) groups is 1. The molecule has 2 aromatic heterocycles. The van der Waals surface area contributed by atoms with Gasteiger partial charge in [-0.15, -0.1) is 0 Å². The molecule has 2 fully saturated rings. The molecule has 25 heavy (non-hydrogen) atoms. The van der Waals surface area contributed by atoms with Crippen LogP contribution in [0.2, 0.25) is 0 Å². The summed E-state index contributed by atoms with van der Waals surface area (Å²) in [6.07, 6.45) is 7.29. The minimum absolute atomic E-state index is 0.199. The first-order chi connectivity index (χ1) is 12.1. The van der Waals surface area contributed by atoms with Gasteiger partial charge in [-0.2, -0.15) is 5.10 Å². The second-order valence-electron chi connectivity index (χ2n) is 7.13. The molecule has 1 amide bonds. The lowest BCUT2D eigenvalue weighted by Gasteiger charge is -2.36. The zero-order valence-corrected chi connectivity index (χ0v) is 14.6. The zero-order valence-electron chi connectivity index (χ0n) is 14.6. The van der Waals surface area contributed by atoms with Crippen LogP contribution >= 0.6 is 0 Å². The van der Waals surface area contributed by atoms with Crippen LogP contribution in [0.5, 0.6) is 0 Å². The lowest BCUT2D eigenvalue weighted by atomic mass is 9.99. The van der Waals surface area contributed by atoms with Crippen LogP contribution in [-0.4, -0.2) is 62.8 Å². The molecule has 0 radical (unpaired) electrons. The summed E-state index contributed by atoms with van der Waals surface area (Å²) in [7, 11) is 1.88. The molecule has 2 atom stereocenters. The van der Waals surface area contributed by atoms with Crippen LogP contribution in [-0.2, 0) is 11.8 Å². The Morgan fingerprint density at radius 3 is 2.76 bits per heavy atom. The molecule has 1 aliphatic carbocycles. The van der Waals surface area contributed by atoms with E-state index in [4.69, 9.17) is 5.73 Å². The summed E-state index contributed by atoms with van der Waals surface area (Å²) in [6.45, 7) is 3.02. The average molecular weight is 343 g/mol. The third kappa shape index (κ3) is 3.06. The minimum atomic E-state index is 0.199. The Morgan fingerprint density at radius 2 is 2.04 bits per heavy atom. The Bertz CT molecular complexity index is 765. The Balaban J connectivity index is 1.40. The van der Waals surface area contributed by atoms with E-state index in [-0.39, 0.29) is 11.9 Å². The topological polar surface area (TPSA) is 93.2 Å². The van der Waals surface area contributed by atoms with Crippen LogP contribution in [0.3, 0.4) is 0 Å². The number of nitrogens with zero attached hydrogens (tertiary/aromatic N) is 6. The van der Waals surface area contributed by atoms with Gasteiger partial charge in [-0.3, -0.25) is 9.48 Å². The molecule has 0 unspecified atom stereocenters. The summed E-state index contributed by atoms with van der Waals surface area (Å²) in [5.41, 5.74) is 6.94. The molecule has 2 aromatic rings. The predicted octanol–water partition coefficient (Wildman–Crippen LogP) is 0.529. The summed E-state index contributed by atoms with van der Waals surface area (Å²) in [6, 6.07) is 0.199. The normalized spacial score (nSPS) is 24.2. The highest BCUT2D eigenvalue weighted by molar-refractivity contribution is 5.86. The Kier molecular flexibility index (Phi) is 4.29. The highest BCUT2D eigenvalue weighted by Crippen LogP contribution is 2.28. The average Bonchev–Trinajstić information content (AvgIpc) is 3.21. The second kappa shape index (κ2) is 6.59. The summed E-state index contributed by atoms with van der Waals surface area (Å²) in [4.78, 5) is 25.5. The fourth-order valence-corrected chi connectivity index (χ4v) is 4.04. The molecule has 4 rings (SSSR count). The van der Waals surface area contributed by atoms with Crippen LogP contribution in [0, 0.1) is 5.92 Å². The van der Waals surface area contributed by atoms with E-state index >= 15 is 0 Å². The maximum Gasteiger partial charge on any atom is 0.223 e. The number of aryl methyl sites for hydroxylation is 1. The van der Waals surface area contributed by atoms with Crippen molar-refractivity contribution in [1.29, 1.82) is 0 Å². The van der Waals surface area contributed by atoms with Crippen molar-refractivity contribution in [3.05, 3.63) is 12.5 Å². The summed E-state index contributed by atoms with van der Waals surface area (Å²) in [5, 5.41) is 5.23. The van der Waals surface area contributed by atoms with Gasteiger partial charge in [0.1, 0.15) is 12.1 Å². The van der Waals surface area contributed by atoms with E-state index in [1.54, 1.807) is 11.0 Å². The van der Waals surface area contributed by atoms with E-state index in [9.17, 15) is 4.79 Å². The molecule has 3 heterocycles. The van der Waals surface area contributed by atoms with Gasteiger partial charge in [0.25, 0.3) is 0 Å². The maximum atomic E-state index is 12.6. The third-order valence-corrected chi connectivity index (χ3v) is 5.60. The largest absolute Gasteiger partial charge is 0.352 e. The fraction of sp³-hybridized carbons (Fsp3) is 0.647. The van der Waals surface area contributed by atoms with Crippen molar-refractivity contribution in [2.45, 2.75) is 31.7 Å². The number of nitrogens with two attached hydrogens (primary N) is 1. The van der Waals surface area contributed by atoms with Gasteiger partial charge >= 0.3 is 0 Å². The highest BCUT2D eigenvalue weighted by atomic mass is 16.2. The Morgan fingerprint density at radius 1 is 1.24 bits per heavy atom. The number of rotatable bonds is 3. The molecule has 2 aliphatic rings. The van der Waals surface area contributed by atoms with Gasteiger partial charge in [-0.05, 0) is 18.8 Å². The number of aromatic nitrogens is 4. The number of fused-ring (bicyclic) bond motifs is 1. The van der Waals surface area contributed by atoms with E-state index in [0.717, 1.165) is 62.3 Å². The lowest BCUT2D eigenvalue weighted by molar-refractivity contribution is -0.132. The molecule has 0 aromatic carbocycles. The van der Waals surface area contributed by atoms with Crippen molar-refractivity contribution in [2.75, 3.05) is 31.1 Å². The Hall–Kier alpha value is -2.22. The van der Waals surface area contributed by atoms with Gasteiger partial charge in [0.2, 0.25) is 5.91 Å². The predicted molar refractivity (Wildman–Crippen MR) is 95.0 cm³/mol. The van der Waals surface area contributed by atoms with Gasteiger partial charge < -0.3 is 15.5 Å². The van der Waals surface area contributed by atoms with Crippen LogP contribution in [0.15, 0.2) is 12.5 Å². The first-order valence-corrected chi connectivity index (χ1v) is 9.04. The number of amides is 1. The lowest BCUT2D eigenvalue weighted by Crippen LogP contribution is -2.49. The second-order valence-corrected chi connectivity index (χ2v) is 7.13. The van der Waals surface area contributed by atoms with E-state index < -0.39 is 0 Å². The van der Waals surface area contributed by atoms with Crippen LogP contribution in [0.4, 0.5) is 5.82 Å². The van der Waals surface area contributed by atoms with E-state index in [0.29, 0.717) is 12.3 Å². The zero-order chi connectivity index (χ0) is 17.4. The van der Waals surface area contributed by atoms with Gasteiger partial charge in [-0.25, -0.2) is 9.97 Å². The number of carbonyl (C=O) groups excluding carboxylic acids is 1. The first-order valence-electron chi connectivity index (χ1n) is 9.04. The molecule has 8 heteroatoms. The summed E-state index contributed by atoms with van der Waals surface area (Å²) < 4.78 is 1.76. The van der Waals surface area contributed by atoms with Gasteiger partial charge in [0.15, 0.2) is 5.65 Å². The summed E-state index contributed by atoms with van der Waals surface area (Å²) in [5.74, 6) is 1.52. The molecule has 1 saturated heterocycles. The van der Waals surface area contributed by atoms with E-state index in [1.165, 1.54) is 0 Å². The monoisotopic (exact) mass is 343 g/mol. The smallest absolute Gasteiger partial charge is 0.223 e. The van der Waals surface area contributed by atoms with E-state index in [1.807, 2.05) is 18.1 Å². The SMILES string of the molecule is Cn1ncc2c(N3CCN(C(=O)C[C@@H]4CCC[C@H]4N)CC3)ncnc21. The molecule has 2 N–H and O–H groups in total. The Labute approximate surface area is 147 Å². The van der Waals surface area contributed by atoms with Gasteiger partial charge in [0.05, 0.1) is 11.6 Å². The third-order valence-electron chi connectivity index (χ3n) is 5.60. The molecule has 1 saturated carbocycles. The van der Waals surface area contributed by atoms with Crippen molar-refractivity contribution in [3.63, 3.8) is 0 Å². The maximum absolute atomic E-state index is 12.6. The highest BCUT2D eigenvalue weighted by Gasteiger charge is 2.29. The molecule has 8 nitrogen and oxygen atoms in total. The minimum Gasteiger partial charge on any atom is -0.352 e. The van der Waals surface area contributed by atoms with Crippen molar-refractivity contribution < 1.29 is 4.79 Å². The number of hydrogen-bond acceptors (Lipinski definition) is 6. The molecule has 134 valence electrons. The van der Waals surface area contributed by atoms with Crippen molar-refractivity contribution in [3.8, 4) is 0 Å². The molecule has 0 spiro atoms. The van der Waals surface area contributed by atoms with Crippen LogP contribution in [0.25, 0.3) is 11.0 Å². The van der Waals surface area contributed by atoms with Crippen LogP contribution in [0.1, 0.15) is 25.7 Å². The van der Waals surface area contributed by atoms with Crippen molar-refractivity contribution in [2.24, 2.45) is 18.7 Å². The van der Waals surface area contributed by atoms with E-state index in [2.05, 4.69) is 20.0 Å². The number of anilines is 1. The molecule has 1 aliphatic heterocycles.